The first-order chi connectivity index (χ1) is 12.8. The quantitative estimate of drug-likeness (QED) is 0.183. The largest absolute Gasteiger partial charge is 1.00 e. The number of benzene rings is 2. The molecule has 0 bridgehead atoms. The molecule has 0 heterocycles. The van der Waals surface area contributed by atoms with Crippen LogP contribution in [-0.2, 0) is 20.2 Å². The van der Waals surface area contributed by atoms with Crippen LogP contribution in [0.25, 0.3) is 12.2 Å². The second kappa shape index (κ2) is 9.08. The van der Waals surface area contributed by atoms with E-state index in [0.717, 1.165) is 36.4 Å². The van der Waals surface area contributed by atoms with Crippen molar-refractivity contribution < 1.29 is 65.3 Å². The van der Waals surface area contributed by atoms with E-state index in [1.165, 1.54) is 0 Å². The molecule has 0 fully saturated rings. The summed E-state index contributed by atoms with van der Waals surface area (Å²) >= 11 is 0. The van der Waals surface area contributed by atoms with Gasteiger partial charge in [-0.15, -0.1) is 0 Å². The molecular weight excluding hydrogens is 443 g/mol. The van der Waals surface area contributed by atoms with Gasteiger partial charge >= 0.3 is 29.6 Å². The van der Waals surface area contributed by atoms with Gasteiger partial charge in [0.25, 0.3) is 21.5 Å². The third-order valence-corrected chi connectivity index (χ3v) is 5.21. The number of non-ortho nitro benzene ring substituents is 2. The van der Waals surface area contributed by atoms with Gasteiger partial charge in [-0.3, -0.25) is 24.8 Å². The van der Waals surface area contributed by atoms with Crippen LogP contribution in [-0.4, -0.2) is 35.8 Å². The summed E-state index contributed by atoms with van der Waals surface area (Å²) in [5.41, 5.74) is -1.82. The van der Waals surface area contributed by atoms with Gasteiger partial charge < -0.3 is 4.55 Å². The number of hydrogen-bond donors (Lipinski definition) is 1. The molecule has 0 amide bonds. The number of hydrogen-bond acceptors (Lipinski definition) is 9. The van der Waals surface area contributed by atoms with Crippen molar-refractivity contribution in [3.63, 3.8) is 0 Å². The van der Waals surface area contributed by atoms with Crippen LogP contribution in [0, 0.1) is 20.2 Å². The third kappa shape index (κ3) is 6.14. The van der Waals surface area contributed by atoms with Gasteiger partial charge in [-0.05, 0) is 23.3 Å². The van der Waals surface area contributed by atoms with E-state index in [4.69, 9.17) is 0 Å². The standard InChI is InChI=1S/C14H10N2O10S2.Na/c17-15(18)11-5-3-9(13(7-11)27(21,22)23)1-2-10-4-6-12(16(19)20)8-14(10)28(24,25)26;/h1-8H,(H,21,22,23)(H,24,25,26);/q;+1/p-1. The van der Waals surface area contributed by atoms with Crippen LogP contribution in [0.15, 0.2) is 46.2 Å². The smallest absolute Gasteiger partial charge is 0.744 e. The SMILES string of the molecule is O=[N+]([O-])c1ccc(C=Cc2ccc([N+](=O)[O-])cc2S(=O)(=O)O)c(S(=O)(=O)[O-])c1.[Na+]. The van der Waals surface area contributed by atoms with Crippen LogP contribution in [0.4, 0.5) is 11.4 Å². The van der Waals surface area contributed by atoms with Crippen LogP contribution in [0.3, 0.4) is 0 Å². The minimum absolute atomic E-state index is 0. The van der Waals surface area contributed by atoms with E-state index in [9.17, 15) is 46.2 Å². The third-order valence-electron chi connectivity index (χ3n) is 3.41. The van der Waals surface area contributed by atoms with Gasteiger partial charge in [-0.1, -0.05) is 12.2 Å². The summed E-state index contributed by atoms with van der Waals surface area (Å²) < 4.78 is 66.3. The van der Waals surface area contributed by atoms with Gasteiger partial charge in [0.15, 0.2) is 0 Å². The molecule has 0 saturated carbocycles. The van der Waals surface area contributed by atoms with Crippen LogP contribution < -0.4 is 29.6 Å². The maximum absolute atomic E-state index is 11.5. The minimum Gasteiger partial charge on any atom is -0.744 e. The molecule has 0 aliphatic carbocycles. The Morgan fingerprint density at radius 1 is 0.793 bits per heavy atom. The zero-order valence-electron chi connectivity index (χ0n) is 14.5. The molecule has 2 rings (SSSR count). The molecule has 0 atom stereocenters. The van der Waals surface area contributed by atoms with Crippen molar-refractivity contribution in [3.8, 4) is 0 Å². The first-order valence-electron chi connectivity index (χ1n) is 6.99. The van der Waals surface area contributed by atoms with E-state index in [-0.39, 0.29) is 40.7 Å². The van der Waals surface area contributed by atoms with Gasteiger partial charge in [0.05, 0.1) is 14.7 Å². The zero-order chi connectivity index (χ0) is 21.3. The summed E-state index contributed by atoms with van der Waals surface area (Å²) in [5.74, 6) is 0. The first-order valence-corrected chi connectivity index (χ1v) is 9.84. The van der Waals surface area contributed by atoms with Crippen molar-refractivity contribution in [3.05, 3.63) is 67.8 Å². The van der Waals surface area contributed by atoms with Crippen LogP contribution in [0.5, 0.6) is 0 Å². The van der Waals surface area contributed by atoms with E-state index in [1.54, 1.807) is 0 Å². The van der Waals surface area contributed by atoms with Crippen molar-refractivity contribution in [2.75, 3.05) is 0 Å². The Bertz CT molecular complexity index is 1130. The molecule has 148 valence electrons. The van der Waals surface area contributed by atoms with E-state index < -0.39 is 51.2 Å². The minimum atomic E-state index is -5.11. The molecule has 0 aromatic heterocycles. The maximum atomic E-state index is 11.5. The van der Waals surface area contributed by atoms with Gasteiger partial charge in [-0.25, -0.2) is 8.42 Å². The molecule has 0 spiro atoms. The van der Waals surface area contributed by atoms with E-state index in [0.29, 0.717) is 12.1 Å². The Hall–Kier alpha value is -2.20. The van der Waals surface area contributed by atoms with Crippen LogP contribution in [0.2, 0.25) is 0 Å². The number of nitro benzene ring substituents is 2. The van der Waals surface area contributed by atoms with Crippen molar-refractivity contribution >= 4 is 43.8 Å². The topological polar surface area (TPSA) is 198 Å². The van der Waals surface area contributed by atoms with E-state index in [2.05, 4.69) is 0 Å². The summed E-state index contributed by atoms with van der Waals surface area (Å²) in [6.07, 6.45) is 1.94. The van der Waals surface area contributed by atoms with Crippen molar-refractivity contribution in [1.29, 1.82) is 0 Å². The average molecular weight is 452 g/mol. The summed E-state index contributed by atoms with van der Waals surface area (Å²) in [4.78, 5) is 18.0. The van der Waals surface area contributed by atoms with Gasteiger partial charge in [0.2, 0.25) is 0 Å². The Labute approximate surface area is 186 Å². The molecule has 0 unspecified atom stereocenters. The van der Waals surface area contributed by atoms with E-state index >= 15 is 0 Å². The first kappa shape index (κ1) is 24.8. The summed E-state index contributed by atoms with van der Waals surface area (Å²) in [7, 11) is -9.99. The Morgan fingerprint density at radius 3 is 1.52 bits per heavy atom. The summed E-state index contributed by atoms with van der Waals surface area (Å²) in [6.45, 7) is 0. The molecule has 1 N–H and O–H groups in total. The van der Waals surface area contributed by atoms with Gasteiger partial charge in [-0.2, -0.15) is 8.42 Å². The van der Waals surface area contributed by atoms with E-state index in [1.807, 2.05) is 0 Å². The average Bonchev–Trinajstić information content (AvgIpc) is 2.57. The molecule has 2 aromatic carbocycles. The van der Waals surface area contributed by atoms with Crippen LogP contribution in [0.1, 0.15) is 11.1 Å². The molecule has 0 saturated heterocycles. The molecule has 15 heteroatoms. The molecule has 29 heavy (non-hydrogen) atoms. The molecular formula is C14H9N2NaO10S2. The normalized spacial score (nSPS) is 11.8. The maximum Gasteiger partial charge on any atom is 1.00 e. The van der Waals surface area contributed by atoms with Crippen molar-refractivity contribution in [1.82, 2.24) is 0 Å². The van der Waals surface area contributed by atoms with Gasteiger partial charge in [0, 0.05) is 24.3 Å². The fourth-order valence-corrected chi connectivity index (χ4v) is 3.56. The Balaban J connectivity index is 0.00000420. The Morgan fingerprint density at radius 2 is 1.17 bits per heavy atom. The predicted octanol–water partition coefficient (Wildman–Crippen LogP) is -1.17. The molecule has 0 aliphatic rings. The zero-order valence-corrected chi connectivity index (χ0v) is 18.1. The molecule has 12 nitrogen and oxygen atoms in total. The van der Waals surface area contributed by atoms with Crippen LogP contribution >= 0.6 is 0 Å². The number of nitrogens with zero attached hydrogens (tertiary/aromatic N) is 2. The van der Waals surface area contributed by atoms with Gasteiger partial charge in [0.1, 0.15) is 15.0 Å². The molecule has 2 aromatic rings. The van der Waals surface area contributed by atoms with Crippen molar-refractivity contribution in [2.24, 2.45) is 0 Å². The molecule has 0 radical (unpaired) electrons. The number of rotatable bonds is 6. The second-order valence-corrected chi connectivity index (χ2v) is 7.96. The summed E-state index contributed by atoms with van der Waals surface area (Å²) in [5, 5.41) is 21.5. The monoisotopic (exact) mass is 452 g/mol. The summed E-state index contributed by atoms with van der Waals surface area (Å²) in [6, 6.07) is 4.94. The predicted molar refractivity (Wildman–Crippen MR) is 92.9 cm³/mol. The Kier molecular flexibility index (Phi) is 7.78. The fourth-order valence-electron chi connectivity index (χ4n) is 2.17. The second-order valence-electron chi connectivity index (χ2n) is 5.22. The number of nitro groups is 2. The fraction of sp³-hybridized carbons (Fsp3) is 0. The molecule has 0 aliphatic heterocycles. The van der Waals surface area contributed by atoms with Crippen molar-refractivity contribution in [2.45, 2.75) is 9.79 Å².